The topological polar surface area (TPSA) is 264 Å². The Morgan fingerprint density at radius 3 is 2.14 bits per heavy atom. The average Bonchev–Trinajstić information content (AvgIpc) is 3.31. The number of imidazole rings is 1. The summed E-state index contributed by atoms with van der Waals surface area (Å²) in [7, 11) is 0. The SMILES string of the molecule is CC(C)CC(NC(=O)C(N)C(C)O)C(=O)NC(CCCN=C(N)N)C(=O)NC(Cc1cnc[nH]1)C(=O)O. The summed E-state index contributed by atoms with van der Waals surface area (Å²) < 4.78 is 0. The number of hydrogen-bond donors (Lipinski definition) is 9. The average molecular weight is 526 g/mol. The summed E-state index contributed by atoms with van der Waals surface area (Å²) in [6, 6.07) is -4.74. The summed E-state index contributed by atoms with van der Waals surface area (Å²) >= 11 is 0. The summed E-state index contributed by atoms with van der Waals surface area (Å²) in [5.41, 5.74) is 16.8. The van der Waals surface area contributed by atoms with Crippen molar-refractivity contribution in [2.24, 2.45) is 28.1 Å². The maximum Gasteiger partial charge on any atom is 0.326 e. The van der Waals surface area contributed by atoms with E-state index in [1.165, 1.54) is 19.4 Å². The summed E-state index contributed by atoms with van der Waals surface area (Å²) in [4.78, 5) is 60.8. The zero-order valence-corrected chi connectivity index (χ0v) is 21.3. The number of nitrogens with zero attached hydrogens (tertiary/aromatic N) is 2. The van der Waals surface area contributed by atoms with Crippen LogP contribution in [0.1, 0.15) is 45.7 Å². The van der Waals surface area contributed by atoms with Crippen LogP contribution in [-0.4, -0.2) is 86.6 Å². The molecule has 5 atom stereocenters. The minimum atomic E-state index is -1.29. The van der Waals surface area contributed by atoms with Gasteiger partial charge in [-0.05, 0) is 32.1 Å². The molecule has 208 valence electrons. The summed E-state index contributed by atoms with van der Waals surface area (Å²) in [6.45, 7) is 5.20. The number of carbonyl (C=O) groups is 4. The van der Waals surface area contributed by atoms with E-state index in [1.54, 1.807) is 0 Å². The van der Waals surface area contributed by atoms with Crippen LogP contribution in [0.15, 0.2) is 17.5 Å². The summed E-state index contributed by atoms with van der Waals surface area (Å²) in [5.74, 6) is -3.55. The van der Waals surface area contributed by atoms with Crippen LogP contribution in [0.2, 0.25) is 0 Å². The van der Waals surface area contributed by atoms with E-state index in [1.807, 2.05) is 13.8 Å². The number of carboxylic acids is 1. The van der Waals surface area contributed by atoms with Crippen molar-refractivity contribution in [3.8, 4) is 0 Å². The standard InChI is InChI=1S/C22H39N9O6/c1-11(2)7-15(30-20(35)17(23)12(3)32)19(34)29-14(5-4-6-27-22(24)25)18(33)31-16(21(36)37)8-13-9-26-10-28-13/h9-12,14-17,32H,4-8,23H2,1-3H3,(H,26,28)(H,29,34)(H,30,35)(H,31,33)(H,36,37)(H4,24,25,27). The number of amides is 3. The lowest BCUT2D eigenvalue weighted by Crippen LogP contribution is -2.58. The fraction of sp³-hybridized carbons (Fsp3) is 0.636. The molecule has 0 aliphatic rings. The first-order chi connectivity index (χ1) is 17.3. The van der Waals surface area contributed by atoms with Crippen molar-refractivity contribution in [1.29, 1.82) is 0 Å². The number of aliphatic imine (C=N–C) groups is 1. The van der Waals surface area contributed by atoms with Gasteiger partial charge in [0.05, 0.1) is 12.4 Å². The van der Waals surface area contributed by atoms with Gasteiger partial charge in [-0.2, -0.15) is 0 Å². The van der Waals surface area contributed by atoms with Gasteiger partial charge in [0.25, 0.3) is 0 Å². The van der Waals surface area contributed by atoms with E-state index in [0.717, 1.165) is 0 Å². The first-order valence-corrected chi connectivity index (χ1v) is 11.9. The van der Waals surface area contributed by atoms with Crippen molar-refractivity contribution in [3.05, 3.63) is 18.2 Å². The lowest BCUT2D eigenvalue weighted by molar-refractivity contribution is -0.142. The van der Waals surface area contributed by atoms with Gasteiger partial charge in [0.2, 0.25) is 17.7 Å². The largest absolute Gasteiger partial charge is 0.480 e. The van der Waals surface area contributed by atoms with Crippen molar-refractivity contribution < 1.29 is 29.4 Å². The molecule has 1 aromatic heterocycles. The van der Waals surface area contributed by atoms with Crippen molar-refractivity contribution >= 4 is 29.7 Å². The number of aromatic amines is 1. The maximum absolute atomic E-state index is 13.1. The molecular formula is C22H39N9O6. The molecule has 0 aromatic carbocycles. The fourth-order valence-corrected chi connectivity index (χ4v) is 3.32. The van der Waals surface area contributed by atoms with E-state index in [0.29, 0.717) is 12.1 Å². The van der Waals surface area contributed by atoms with E-state index in [4.69, 9.17) is 17.2 Å². The van der Waals surface area contributed by atoms with Crippen LogP contribution in [0, 0.1) is 5.92 Å². The zero-order valence-electron chi connectivity index (χ0n) is 21.3. The van der Waals surface area contributed by atoms with Gasteiger partial charge in [-0.3, -0.25) is 19.4 Å². The van der Waals surface area contributed by atoms with Crippen molar-refractivity contribution in [2.45, 2.75) is 76.7 Å². The molecular weight excluding hydrogens is 486 g/mol. The highest BCUT2D eigenvalue weighted by Gasteiger charge is 2.31. The molecule has 15 nitrogen and oxygen atoms in total. The van der Waals surface area contributed by atoms with Crippen LogP contribution in [0.25, 0.3) is 0 Å². The molecule has 1 heterocycles. The third-order valence-electron chi connectivity index (χ3n) is 5.33. The Morgan fingerprint density at radius 1 is 1.03 bits per heavy atom. The molecule has 5 unspecified atom stereocenters. The summed E-state index contributed by atoms with van der Waals surface area (Å²) in [6.07, 6.45) is 2.23. The predicted octanol–water partition coefficient (Wildman–Crippen LogP) is -2.70. The van der Waals surface area contributed by atoms with Crippen molar-refractivity contribution in [2.75, 3.05) is 6.54 Å². The number of aliphatic carboxylic acids is 1. The highest BCUT2D eigenvalue weighted by Crippen LogP contribution is 2.08. The van der Waals surface area contributed by atoms with E-state index in [2.05, 4.69) is 30.9 Å². The number of hydrogen-bond acceptors (Lipinski definition) is 8. The molecule has 0 saturated heterocycles. The van der Waals surface area contributed by atoms with E-state index < -0.39 is 54.0 Å². The highest BCUT2D eigenvalue weighted by atomic mass is 16.4. The zero-order chi connectivity index (χ0) is 28.1. The van der Waals surface area contributed by atoms with Crippen LogP contribution in [-0.2, 0) is 25.6 Å². The van der Waals surface area contributed by atoms with Gasteiger partial charge in [0.15, 0.2) is 5.96 Å². The van der Waals surface area contributed by atoms with E-state index >= 15 is 0 Å². The second-order valence-electron chi connectivity index (χ2n) is 9.15. The molecule has 1 aromatic rings. The maximum atomic E-state index is 13.1. The van der Waals surface area contributed by atoms with Gasteiger partial charge in [0, 0.05) is 24.9 Å². The third-order valence-corrected chi connectivity index (χ3v) is 5.33. The number of H-pyrrole nitrogens is 1. The summed E-state index contributed by atoms with van der Waals surface area (Å²) in [5, 5.41) is 26.7. The lowest BCUT2D eigenvalue weighted by atomic mass is 10.0. The van der Waals surface area contributed by atoms with Crippen LogP contribution in [0.5, 0.6) is 0 Å². The normalized spacial score (nSPS) is 15.1. The van der Waals surface area contributed by atoms with Gasteiger partial charge in [-0.25, -0.2) is 9.78 Å². The molecule has 0 saturated carbocycles. The fourth-order valence-electron chi connectivity index (χ4n) is 3.32. The van der Waals surface area contributed by atoms with Crippen molar-refractivity contribution in [3.63, 3.8) is 0 Å². The van der Waals surface area contributed by atoms with Gasteiger partial charge in [-0.15, -0.1) is 0 Å². The number of carbonyl (C=O) groups excluding carboxylic acids is 3. The van der Waals surface area contributed by atoms with E-state index in [9.17, 15) is 29.4 Å². The molecule has 3 amide bonds. The Kier molecular flexibility index (Phi) is 13.0. The van der Waals surface area contributed by atoms with Crippen molar-refractivity contribution in [1.82, 2.24) is 25.9 Å². The smallest absolute Gasteiger partial charge is 0.326 e. The van der Waals surface area contributed by atoms with Crippen LogP contribution in [0.3, 0.4) is 0 Å². The first kappa shape index (κ1) is 31.3. The number of nitrogens with one attached hydrogen (secondary N) is 4. The van der Waals surface area contributed by atoms with Gasteiger partial charge >= 0.3 is 5.97 Å². The Hall–Kier alpha value is -3.72. The molecule has 12 N–H and O–H groups in total. The first-order valence-electron chi connectivity index (χ1n) is 11.9. The van der Waals surface area contributed by atoms with E-state index in [-0.39, 0.29) is 37.7 Å². The molecule has 0 spiro atoms. The number of aromatic nitrogens is 2. The van der Waals surface area contributed by atoms with Crippen LogP contribution < -0.4 is 33.2 Å². The minimum Gasteiger partial charge on any atom is -0.480 e. The molecule has 0 radical (unpaired) electrons. The molecule has 0 bridgehead atoms. The number of nitrogens with two attached hydrogens (primary N) is 3. The lowest BCUT2D eigenvalue weighted by Gasteiger charge is -2.26. The molecule has 37 heavy (non-hydrogen) atoms. The Balaban J connectivity index is 3.05. The van der Waals surface area contributed by atoms with Gasteiger partial charge in [-0.1, -0.05) is 13.8 Å². The quantitative estimate of drug-likeness (QED) is 0.0612. The molecule has 0 aliphatic carbocycles. The second-order valence-corrected chi connectivity index (χ2v) is 9.15. The molecule has 15 heteroatoms. The highest BCUT2D eigenvalue weighted by molar-refractivity contribution is 5.94. The molecule has 0 fully saturated rings. The number of carboxylic acid groups (broad SMARTS) is 1. The Bertz CT molecular complexity index is 916. The number of aliphatic hydroxyl groups excluding tert-OH is 1. The number of aliphatic hydroxyl groups is 1. The number of guanidine groups is 1. The molecule has 0 aliphatic heterocycles. The Labute approximate surface area is 215 Å². The molecule has 1 rings (SSSR count). The minimum absolute atomic E-state index is 0.0150. The second kappa shape index (κ2) is 15.4. The van der Waals surface area contributed by atoms with Gasteiger partial charge in [0.1, 0.15) is 24.2 Å². The monoisotopic (exact) mass is 525 g/mol. The predicted molar refractivity (Wildman–Crippen MR) is 135 cm³/mol. The third kappa shape index (κ3) is 11.7. The number of rotatable bonds is 16. The van der Waals surface area contributed by atoms with Crippen LogP contribution in [0.4, 0.5) is 0 Å². The van der Waals surface area contributed by atoms with Gasteiger partial charge < -0.3 is 48.3 Å². The Morgan fingerprint density at radius 2 is 1.62 bits per heavy atom. The van der Waals surface area contributed by atoms with Crippen LogP contribution >= 0.6 is 0 Å².